The van der Waals surface area contributed by atoms with Crippen molar-refractivity contribution in [3.63, 3.8) is 0 Å². The molecular formula is C16H35F6PS. The normalized spacial score (nSPS) is 14.8. The number of halogens is 6. The first-order chi connectivity index (χ1) is 10.8. The standard InChI is InChI=1S/C16H35S.F6P/c1-4-7-10-11-12-13-16-17(14-8-5-2)15-9-6-3;1-7(2,3,4,5)6/h4-16H2,1-3H3;/q+1;-1. The van der Waals surface area contributed by atoms with Crippen LogP contribution in [-0.4, -0.2) is 17.3 Å². The van der Waals surface area contributed by atoms with Gasteiger partial charge in [0.25, 0.3) is 0 Å². The fourth-order valence-corrected chi connectivity index (χ4v) is 4.71. The van der Waals surface area contributed by atoms with Crippen molar-refractivity contribution in [2.75, 3.05) is 17.3 Å². The van der Waals surface area contributed by atoms with Crippen LogP contribution in [0.3, 0.4) is 0 Å². The van der Waals surface area contributed by atoms with Crippen LogP contribution in [0, 0.1) is 0 Å². The van der Waals surface area contributed by atoms with E-state index >= 15 is 0 Å². The molecule has 0 radical (unpaired) electrons. The molecule has 0 rings (SSSR count). The van der Waals surface area contributed by atoms with E-state index < -0.39 is 7.81 Å². The summed E-state index contributed by atoms with van der Waals surface area (Å²) in [5.74, 6) is 4.57. The fourth-order valence-electron chi connectivity index (χ4n) is 2.09. The van der Waals surface area contributed by atoms with E-state index in [2.05, 4.69) is 20.8 Å². The van der Waals surface area contributed by atoms with E-state index in [9.17, 15) is 25.2 Å². The number of hydrogen-bond acceptors (Lipinski definition) is 0. The molecular weight excluding hydrogens is 369 g/mol. The molecule has 0 spiro atoms. The van der Waals surface area contributed by atoms with Gasteiger partial charge in [0.1, 0.15) is 17.3 Å². The molecule has 0 saturated heterocycles. The molecule has 0 aromatic rings. The zero-order valence-electron chi connectivity index (χ0n) is 15.3. The molecule has 24 heavy (non-hydrogen) atoms. The SMILES string of the molecule is CCCCCCCC[S+](CCCC)CCCC.F[P-](F)(F)(F)(F)F. The monoisotopic (exact) mass is 404 g/mol. The summed E-state index contributed by atoms with van der Waals surface area (Å²) in [6, 6.07) is 0. The van der Waals surface area contributed by atoms with Crippen molar-refractivity contribution in [2.24, 2.45) is 0 Å². The zero-order chi connectivity index (χ0) is 19.2. The van der Waals surface area contributed by atoms with Crippen molar-refractivity contribution in [3.05, 3.63) is 0 Å². The van der Waals surface area contributed by atoms with Crippen molar-refractivity contribution < 1.29 is 25.2 Å². The Morgan fingerprint density at radius 2 is 0.792 bits per heavy atom. The summed E-state index contributed by atoms with van der Waals surface area (Å²) in [5, 5.41) is 0. The van der Waals surface area contributed by atoms with E-state index in [-0.39, 0.29) is 0 Å². The summed E-state index contributed by atoms with van der Waals surface area (Å²) in [7, 11) is -9.89. The van der Waals surface area contributed by atoms with Gasteiger partial charge >= 0.3 is 33.0 Å². The predicted molar refractivity (Wildman–Crippen MR) is 98.7 cm³/mol. The van der Waals surface area contributed by atoms with Crippen molar-refractivity contribution in [2.45, 2.75) is 85.0 Å². The molecule has 0 saturated carbocycles. The van der Waals surface area contributed by atoms with E-state index in [1.54, 1.807) is 0 Å². The minimum atomic E-state index is -10.7. The van der Waals surface area contributed by atoms with Crippen LogP contribution in [0.25, 0.3) is 0 Å². The van der Waals surface area contributed by atoms with Crippen molar-refractivity contribution >= 4 is 18.7 Å². The van der Waals surface area contributed by atoms with E-state index in [1.807, 2.05) is 0 Å². The second-order valence-corrected chi connectivity index (χ2v) is 10.5. The van der Waals surface area contributed by atoms with Gasteiger partial charge in [-0.15, -0.1) is 0 Å². The van der Waals surface area contributed by atoms with Gasteiger partial charge in [-0.3, -0.25) is 0 Å². The van der Waals surface area contributed by atoms with Crippen LogP contribution >= 0.6 is 7.81 Å². The van der Waals surface area contributed by atoms with Crippen LogP contribution in [0.4, 0.5) is 25.2 Å². The molecule has 0 atom stereocenters. The Kier molecular flexibility index (Phi) is 13.2. The van der Waals surface area contributed by atoms with Gasteiger partial charge in [-0.2, -0.15) is 0 Å². The maximum atomic E-state index is 9.87. The van der Waals surface area contributed by atoms with Crippen molar-refractivity contribution in [1.29, 1.82) is 0 Å². The van der Waals surface area contributed by atoms with Gasteiger partial charge in [0, 0.05) is 0 Å². The van der Waals surface area contributed by atoms with Crippen LogP contribution in [0.2, 0.25) is 0 Å². The third-order valence-electron chi connectivity index (χ3n) is 3.36. The van der Waals surface area contributed by atoms with Gasteiger partial charge in [0.05, 0.1) is 0 Å². The minimum absolute atomic E-state index is 0.769. The number of unbranched alkanes of at least 4 members (excludes halogenated alkanes) is 7. The number of hydrogen-bond donors (Lipinski definition) is 0. The molecule has 0 aromatic carbocycles. The van der Waals surface area contributed by atoms with Gasteiger partial charge in [-0.05, 0) is 36.6 Å². The first-order valence-electron chi connectivity index (χ1n) is 9.00. The molecule has 0 amide bonds. The molecule has 0 nitrogen and oxygen atoms in total. The third-order valence-corrected chi connectivity index (χ3v) is 5.96. The molecule has 152 valence electrons. The molecule has 0 aromatic heterocycles. The summed E-state index contributed by atoms with van der Waals surface area (Å²) in [4.78, 5) is 0. The van der Waals surface area contributed by atoms with Crippen LogP contribution in [0.15, 0.2) is 0 Å². The number of rotatable bonds is 13. The molecule has 0 unspecified atom stereocenters. The second-order valence-electron chi connectivity index (χ2n) is 6.16. The van der Waals surface area contributed by atoms with E-state index in [0.717, 1.165) is 10.9 Å². The summed E-state index contributed by atoms with van der Waals surface area (Å²) >= 11 is 0. The second kappa shape index (κ2) is 11.9. The van der Waals surface area contributed by atoms with Crippen LogP contribution in [0.5, 0.6) is 0 Å². The maximum absolute atomic E-state index is 10.7. The summed E-state index contributed by atoms with van der Waals surface area (Å²) in [6.07, 6.45) is 14.4. The van der Waals surface area contributed by atoms with Gasteiger partial charge < -0.3 is 0 Å². The molecule has 0 aliphatic carbocycles. The average molecular weight is 404 g/mol. The van der Waals surface area contributed by atoms with Crippen LogP contribution in [0.1, 0.15) is 85.0 Å². The van der Waals surface area contributed by atoms with Gasteiger partial charge in [0.15, 0.2) is 0 Å². The Balaban J connectivity index is 0. The molecule has 0 heterocycles. The Morgan fingerprint density at radius 3 is 1.17 bits per heavy atom. The summed E-state index contributed by atoms with van der Waals surface area (Å²) in [6.45, 7) is 6.95. The van der Waals surface area contributed by atoms with Crippen LogP contribution in [-0.2, 0) is 10.9 Å². The topological polar surface area (TPSA) is 0 Å². The van der Waals surface area contributed by atoms with Crippen molar-refractivity contribution in [3.8, 4) is 0 Å². The van der Waals surface area contributed by atoms with Crippen molar-refractivity contribution in [1.82, 2.24) is 0 Å². The fraction of sp³-hybridized carbons (Fsp3) is 1.00. The molecule has 0 aliphatic rings. The first-order valence-corrected chi connectivity index (χ1v) is 12.8. The van der Waals surface area contributed by atoms with E-state index in [1.165, 1.54) is 81.5 Å². The van der Waals surface area contributed by atoms with Gasteiger partial charge in [-0.25, -0.2) is 0 Å². The zero-order valence-corrected chi connectivity index (χ0v) is 17.0. The molecule has 8 heteroatoms. The molecule has 0 aliphatic heterocycles. The first kappa shape index (κ1) is 26.6. The Bertz CT molecular complexity index is 271. The molecule has 0 fully saturated rings. The quantitative estimate of drug-likeness (QED) is 0.124. The summed E-state index contributed by atoms with van der Waals surface area (Å²) in [5.41, 5.74) is 0. The van der Waals surface area contributed by atoms with Crippen LogP contribution < -0.4 is 0 Å². The summed E-state index contributed by atoms with van der Waals surface area (Å²) < 4.78 is 59.2. The third kappa shape index (κ3) is 38.1. The van der Waals surface area contributed by atoms with Gasteiger partial charge in [0.2, 0.25) is 0 Å². The Morgan fingerprint density at radius 1 is 0.500 bits per heavy atom. The Hall–Kier alpha value is 0.360. The average Bonchev–Trinajstić information content (AvgIpc) is 2.41. The van der Waals surface area contributed by atoms with E-state index in [0.29, 0.717) is 0 Å². The Labute approximate surface area is 146 Å². The van der Waals surface area contributed by atoms with Gasteiger partial charge in [-0.1, -0.05) is 59.3 Å². The predicted octanol–water partition coefficient (Wildman–Crippen LogP) is 8.95. The molecule has 0 bridgehead atoms. The van der Waals surface area contributed by atoms with E-state index in [4.69, 9.17) is 0 Å². The molecule has 0 N–H and O–H groups in total.